The molecule has 1 saturated heterocycles. The summed E-state index contributed by atoms with van der Waals surface area (Å²) in [6, 6.07) is 3.77. The third kappa shape index (κ3) is 10.0. The fraction of sp³-hybridized carbons (Fsp3) is 0.720. The number of rotatable bonds is 14. The van der Waals surface area contributed by atoms with E-state index in [1.165, 1.54) is 0 Å². The molecule has 2 aliphatic rings. The number of hydrogen-bond donors (Lipinski definition) is 2. The SMILES string of the molecule is N#CNC(=NCCCCCCS(=O)(=O)N(CCCN1CCOCC1)C1CCCC1)Nc1ccncc1. The first-order chi connectivity index (χ1) is 17.6. The molecule has 11 heteroatoms. The van der Waals surface area contributed by atoms with Crippen molar-refractivity contribution in [1.29, 1.82) is 5.26 Å². The van der Waals surface area contributed by atoms with Gasteiger partial charge in [0.2, 0.25) is 16.0 Å². The third-order valence-electron chi connectivity index (χ3n) is 6.74. The summed E-state index contributed by atoms with van der Waals surface area (Å²) in [4.78, 5) is 10.8. The Hall–Kier alpha value is -2.26. The van der Waals surface area contributed by atoms with Crippen LogP contribution in [-0.2, 0) is 14.8 Å². The van der Waals surface area contributed by atoms with Gasteiger partial charge in [-0.05, 0) is 50.8 Å². The van der Waals surface area contributed by atoms with E-state index in [0.29, 0.717) is 25.5 Å². The predicted molar refractivity (Wildman–Crippen MR) is 142 cm³/mol. The average Bonchev–Trinajstić information content (AvgIpc) is 3.41. The van der Waals surface area contributed by atoms with E-state index in [1.807, 2.05) is 10.5 Å². The van der Waals surface area contributed by atoms with Crippen LogP contribution in [0.5, 0.6) is 0 Å². The van der Waals surface area contributed by atoms with Gasteiger partial charge in [0.05, 0.1) is 19.0 Å². The molecule has 10 nitrogen and oxygen atoms in total. The Kier molecular flexibility index (Phi) is 12.4. The minimum atomic E-state index is -3.26. The van der Waals surface area contributed by atoms with E-state index < -0.39 is 10.0 Å². The molecule has 0 aromatic carbocycles. The molecule has 0 amide bonds. The highest BCUT2D eigenvalue weighted by Crippen LogP contribution is 2.26. The zero-order chi connectivity index (χ0) is 25.5. The van der Waals surface area contributed by atoms with Gasteiger partial charge in [0.25, 0.3) is 0 Å². The Balaban J connectivity index is 1.38. The normalized spacial score (nSPS) is 17.8. The molecule has 0 spiro atoms. The highest BCUT2D eigenvalue weighted by Gasteiger charge is 2.31. The second-order valence-corrected chi connectivity index (χ2v) is 11.5. The van der Waals surface area contributed by atoms with E-state index in [9.17, 15) is 8.42 Å². The number of pyridine rings is 1. The maximum atomic E-state index is 13.2. The summed E-state index contributed by atoms with van der Waals surface area (Å²) in [7, 11) is -3.26. The smallest absolute Gasteiger partial charge is 0.214 e. The van der Waals surface area contributed by atoms with Crippen LogP contribution < -0.4 is 10.6 Å². The molecule has 3 rings (SSSR count). The molecule has 2 N–H and O–H groups in total. The highest BCUT2D eigenvalue weighted by molar-refractivity contribution is 7.89. The number of nitrogens with one attached hydrogen (secondary N) is 2. The molecule has 1 aliphatic heterocycles. The Morgan fingerprint density at radius 1 is 1.14 bits per heavy atom. The summed E-state index contributed by atoms with van der Waals surface area (Å²) < 4.78 is 33.7. The van der Waals surface area contributed by atoms with Crippen LogP contribution in [-0.4, -0.2) is 86.3 Å². The van der Waals surface area contributed by atoms with Crippen molar-refractivity contribution in [2.45, 2.75) is 63.8 Å². The largest absolute Gasteiger partial charge is 0.379 e. The van der Waals surface area contributed by atoms with Gasteiger partial charge in [-0.3, -0.25) is 20.2 Å². The maximum Gasteiger partial charge on any atom is 0.214 e. The molecule has 0 unspecified atom stereocenters. The summed E-state index contributed by atoms with van der Waals surface area (Å²) in [5, 5.41) is 14.6. The summed E-state index contributed by atoms with van der Waals surface area (Å²) in [5.41, 5.74) is 0.800. The van der Waals surface area contributed by atoms with Gasteiger partial charge in [-0.15, -0.1) is 0 Å². The van der Waals surface area contributed by atoms with Crippen LogP contribution in [0.15, 0.2) is 29.5 Å². The molecule has 200 valence electrons. The van der Waals surface area contributed by atoms with Crippen molar-refractivity contribution in [1.82, 2.24) is 19.5 Å². The number of hydrogen-bond acceptors (Lipinski definition) is 7. The second kappa shape index (κ2) is 15.8. The standard InChI is InChI=1S/C25H41N7O3S/c26-22-29-25(30-23-10-13-27-14-11-23)28-12-5-1-2-6-21-36(33,34)32(24-8-3-4-9-24)16-7-15-31-17-19-35-20-18-31/h10-11,13-14,24H,1-9,12,15-21H2,(H2,27,28,29,30). The lowest BCUT2D eigenvalue weighted by Gasteiger charge is -2.30. The quantitative estimate of drug-likeness (QED) is 0.126. The summed E-state index contributed by atoms with van der Waals surface area (Å²) in [5.74, 6) is 0.616. The van der Waals surface area contributed by atoms with Crippen molar-refractivity contribution < 1.29 is 13.2 Å². The van der Waals surface area contributed by atoms with Gasteiger partial charge in [-0.2, -0.15) is 9.57 Å². The van der Waals surface area contributed by atoms with E-state index in [0.717, 1.165) is 89.9 Å². The molecule has 0 bridgehead atoms. The number of nitriles is 1. The number of aliphatic imine (C=N–C) groups is 1. The Labute approximate surface area is 216 Å². The van der Waals surface area contributed by atoms with Crippen molar-refractivity contribution >= 4 is 21.7 Å². The Bertz CT molecular complexity index is 925. The van der Waals surface area contributed by atoms with Crippen LogP contribution in [0, 0.1) is 11.5 Å². The van der Waals surface area contributed by atoms with Gasteiger partial charge < -0.3 is 10.1 Å². The summed E-state index contributed by atoms with van der Waals surface area (Å²) >= 11 is 0. The lowest BCUT2D eigenvalue weighted by molar-refractivity contribution is 0.0366. The second-order valence-electron chi connectivity index (χ2n) is 9.41. The molecule has 1 saturated carbocycles. The van der Waals surface area contributed by atoms with E-state index in [2.05, 4.69) is 25.5 Å². The minimum absolute atomic E-state index is 0.174. The van der Waals surface area contributed by atoms with Gasteiger partial charge in [0, 0.05) is 50.3 Å². The average molecular weight is 520 g/mol. The van der Waals surface area contributed by atoms with Crippen molar-refractivity contribution in [3.05, 3.63) is 24.5 Å². The number of ether oxygens (including phenoxy) is 1. The van der Waals surface area contributed by atoms with Crippen LogP contribution >= 0.6 is 0 Å². The number of sulfonamides is 1. The van der Waals surface area contributed by atoms with Crippen LogP contribution in [0.2, 0.25) is 0 Å². The topological polar surface area (TPSA) is 123 Å². The van der Waals surface area contributed by atoms with Crippen LogP contribution in [0.25, 0.3) is 0 Å². The number of aromatic nitrogens is 1. The Morgan fingerprint density at radius 2 is 1.86 bits per heavy atom. The van der Waals surface area contributed by atoms with Crippen molar-refractivity contribution in [2.24, 2.45) is 4.99 Å². The third-order valence-corrected chi connectivity index (χ3v) is 8.74. The first-order valence-corrected chi connectivity index (χ1v) is 14.9. The number of unbranched alkanes of at least 4 members (excludes halogenated alkanes) is 3. The van der Waals surface area contributed by atoms with Gasteiger partial charge in [0.1, 0.15) is 0 Å². The number of morpholine rings is 1. The first kappa shape index (κ1) is 28.3. The molecule has 0 radical (unpaired) electrons. The number of anilines is 1. The van der Waals surface area contributed by atoms with Crippen molar-refractivity contribution in [3.63, 3.8) is 0 Å². The monoisotopic (exact) mass is 519 g/mol. The maximum absolute atomic E-state index is 13.2. The summed E-state index contributed by atoms with van der Waals surface area (Å²) in [6.45, 7) is 5.53. The molecule has 1 aliphatic carbocycles. The Morgan fingerprint density at radius 3 is 2.58 bits per heavy atom. The molecule has 36 heavy (non-hydrogen) atoms. The molecular formula is C25H41N7O3S. The van der Waals surface area contributed by atoms with Crippen LogP contribution in [0.4, 0.5) is 5.69 Å². The van der Waals surface area contributed by atoms with E-state index in [-0.39, 0.29) is 11.8 Å². The highest BCUT2D eigenvalue weighted by atomic mass is 32.2. The van der Waals surface area contributed by atoms with Crippen LogP contribution in [0.3, 0.4) is 0 Å². The zero-order valence-corrected chi connectivity index (χ0v) is 22.1. The fourth-order valence-electron chi connectivity index (χ4n) is 4.81. The van der Waals surface area contributed by atoms with Gasteiger partial charge in [0.15, 0.2) is 6.19 Å². The minimum Gasteiger partial charge on any atom is -0.379 e. The predicted octanol–water partition coefficient (Wildman–Crippen LogP) is 2.78. The lowest BCUT2D eigenvalue weighted by atomic mass is 10.2. The molecule has 2 heterocycles. The van der Waals surface area contributed by atoms with Crippen molar-refractivity contribution in [3.8, 4) is 6.19 Å². The molecule has 0 atom stereocenters. The van der Waals surface area contributed by atoms with Crippen LogP contribution in [0.1, 0.15) is 57.8 Å². The zero-order valence-electron chi connectivity index (χ0n) is 21.3. The van der Waals surface area contributed by atoms with Gasteiger partial charge in [-0.25, -0.2) is 8.42 Å². The lowest BCUT2D eigenvalue weighted by Crippen LogP contribution is -2.43. The van der Waals surface area contributed by atoms with E-state index in [4.69, 9.17) is 10.00 Å². The first-order valence-electron chi connectivity index (χ1n) is 13.2. The van der Waals surface area contributed by atoms with Gasteiger partial charge >= 0.3 is 0 Å². The van der Waals surface area contributed by atoms with E-state index in [1.54, 1.807) is 24.5 Å². The van der Waals surface area contributed by atoms with Gasteiger partial charge in [-0.1, -0.05) is 25.7 Å². The molecular weight excluding hydrogens is 478 g/mol. The molecule has 1 aromatic rings. The van der Waals surface area contributed by atoms with E-state index >= 15 is 0 Å². The molecule has 2 fully saturated rings. The summed E-state index contributed by atoms with van der Waals surface area (Å²) in [6.07, 6.45) is 13.6. The number of guanidine groups is 1. The number of nitrogens with zero attached hydrogens (tertiary/aromatic N) is 5. The fourth-order valence-corrected chi connectivity index (χ4v) is 6.68. The molecule has 1 aromatic heterocycles. The van der Waals surface area contributed by atoms with Crippen molar-refractivity contribution in [2.75, 3.05) is 57.0 Å².